The number of carboxylic acids is 1. The van der Waals surface area contributed by atoms with E-state index in [0.717, 1.165) is 6.08 Å². The summed E-state index contributed by atoms with van der Waals surface area (Å²) in [4.78, 5) is 9.61. The van der Waals surface area contributed by atoms with Crippen LogP contribution in [-0.4, -0.2) is 40.6 Å². The number of carboxylic acid groups (broad SMARTS) is 1. The monoisotopic (exact) mass is 226 g/mol. The molecule has 0 aliphatic heterocycles. The van der Waals surface area contributed by atoms with Crippen LogP contribution in [0.1, 0.15) is 6.92 Å². The van der Waals surface area contributed by atoms with Gasteiger partial charge >= 0.3 is 30.4 Å². The summed E-state index contributed by atoms with van der Waals surface area (Å²) in [6.45, 7) is 1.45. The van der Waals surface area contributed by atoms with Gasteiger partial charge in [-0.3, -0.25) is 0 Å². The molecule has 0 aromatic carbocycles. The predicted octanol–water partition coefficient (Wildman–Crippen LogP) is -0.651. The first-order valence-electron chi connectivity index (χ1n) is 1.77. The molecule has 0 aliphatic rings. The first kappa shape index (κ1) is 10.7. The van der Waals surface area contributed by atoms with Crippen molar-refractivity contribution in [3.8, 4) is 0 Å². The molecule has 0 saturated heterocycles. The van der Waals surface area contributed by atoms with E-state index < -0.39 is 11.7 Å². The molecule has 0 amide bonds. The Bertz CT molecular complexity index is 108. The second-order valence-electron chi connectivity index (χ2n) is 0.979. The van der Waals surface area contributed by atoms with E-state index in [0.29, 0.717) is 0 Å². The quantitative estimate of drug-likeness (QED) is 0.355. The van der Waals surface area contributed by atoms with Crippen molar-refractivity contribution in [2.45, 2.75) is 6.92 Å². The van der Waals surface area contributed by atoms with Crippen molar-refractivity contribution in [2.75, 3.05) is 0 Å². The average molecular weight is 227 g/mol. The molecular weight excluding hydrogens is 218 g/mol. The van der Waals surface area contributed by atoms with Crippen molar-refractivity contribution >= 4 is 30.4 Å². The van der Waals surface area contributed by atoms with E-state index >= 15 is 0 Å². The van der Waals surface area contributed by atoms with Gasteiger partial charge in [0.05, 0.1) is 0 Å². The molecule has 0 spiro atoms. The number of allylic oxidation sites excluding steroid dienone is 1. The molecular formula is C4H9O3Sb. The second-order valence-corrected chi connectivity index (χ2v) is 0.979. The van der Waals surface area contributed by atoms with Crippen LogP contribution in [0.15, 0.2) is 11.8 Å². The van der Waals surface area contributed by atoms with Crippen LogP contribution in [0.25, 0.3) is 0 Å². The molecule has 0 radical (unpaired) electrons. The van der Waals surface area contributed by atoms with Gasteiger partial charge in [-0.25, -0.2) is 4.79 Å². The summed E-state index contributed by atoms with van der Waals surface area (Å²) in [6, 6.07) is 0. The third kappa shape index (κ3) is 4.00. The van der Waals surface area contributed by atoms with Crippen LogP contribution in [0.5, 0.6) is 0 Å². The summed E-state index contributed by atoms with van der Waals surface area (Å²) in [7, 11) is 0. The van der Waals surface area contributed by atoms with E-state index in [9.17, 15) is 4.79 Å². The fourth-order valence-corrected chi connectivity index (χ4v) is 0.123. The Labute approximate surface area is 64.5 Å². The zero-order chi connectivity index (χ0) is 5.86. The van der Waals surface area contributed by atoms with Gasteiger partial charge in [0.1, 0.15) is 0 Å². The summed E-state index contributed by atoms with van der Waals surface area (Å²) in [5.41, 5.74) is 0. The van der Waals surface area contributed by atoms with Gasteiger partial charge in [-0.2, -0.15) is 0 Å². The molecule has 0 bridgehead atoms. The topological polar surface area (TPSA) is 57.5 Å². The maximum absolute atomic E-state index is 9.61. The number of aliphatic carboxylic acids is 1. The number of hydrogen-bond acceptors (Lipinski definition) is 2. The molecule has 0 aliphatic carbocycles. The number of rotatable bonds is 1. The van der Waals surface area contributed by atoms with E-state index in [2.05, 4.69) is 0 Å². The Morgan fingerprint density at radius 2 is 1.88 bits per heavy atom. The molecule has 0 aromatic heterocycles. The summed E-state index contributed by atoms with van der Waals surface area (Å²) >= 11 is 0. The Hall–Kier alpha value is -0.172. The molecule has 0 atom stereocenters. The Morgan fingerprint density at radius 1 is 1.50 bits per heavy atom. The van der Waals surface area contributed by atoms with Gasteiger partial charge in [-0.05, 0) is 13.0 Å². The van der Waals surface area contributed by atoms with Gasteiger partial charge in [0, 0.05) is 0 Å². The molecule has 4 heteroatoms. The third-order valence-electron chi connectivity index (χ3n) is 0.493. The SMILES string of the molecule is CC=C(O)C(=O)O.[SbH3]. The van der Waals surface area contributed by atoms with E-state index in [1.807, 2.05) is 0 Å². The molecule has 0 fully saturated rings. The van der Waals surface area contributed by atoms with Crippen molar-refractivity contribution in [2.24, 2.45) is 0 Å². The van der Waals surface area contributed by atoms with Crippen LogP contribution >= 0.6 is 0 Å². The Morgan fingerprint density at radius 3 is 1.88 bits per heavy atom. The molecule has 0 unspecified atom stereocenters. The van der Waals surface area contributed by atoms with Crippen LogP contribution in [0, 0.1) is 0 Å². The van der Waals surface area contributed by atoms with E-state index in [-0.39, 0.29) is 24.4 Å². The third-order valence-corrected chi connectivity index (χ3v) is 0.493. The van der Waals surface area contributed by atoms with Gasteiger partial charge < -0.3 is 10.2 Å². The molecule has 0 aromatic rings. The van der Waals surface area contributed by atoms with Crippen LogP contribution in [0.2, 0.25) is 0 Å². The molecule has 0 heterocycles. The van der Waals surface area contributed by atoms with E-state index in [1.54, 1.807) is 0 Å². The second kappa shape index (κ2) is 4.97. The fourth-order valence-electron chi connectivity index (χ4n) is 0.123. The van der Waals surface area contributed by atoms with Gasteiger partial charge in [-0.1, -0.05) is 0 Å². The Balaban J connectivity index is 0. The summed E-state index contributed by atoms with van der Waals surface area (Å²) in [6.07, 6.45) is 1.11. The number of carbonyl (C=O) groups is 1. The van der Waals surface area contributed by atoms with Crippen LogP contribution in [-0.2, 0) is 4.79 Å². The summed E-state index contributed by atoms with van der Waals surface area (Å²) in [5, 5.41) is 16.1. The average Bonchev–Trinajstić information content (AvgIpc) is 1.65. The molecule has 8 heavy (non-hydrogen) atoms. The first-order chi connectivity index (χ1) is 3.18. The van der Waals surface area contributed by atoms with E-state index in [4.69, 9.17) is 10.2 Å². The van der Waals surface area contributed by atoms with Gasteiger partial charge in [0.15, 0.2) is 5.76 Å². The van der Waals surface area contributed by atoms with Crippen LogP contribution in [0.3, 0.4) is 0 Å². The zero-order valence-electron chi connectivity index (χ0n) is 4.59. The van der Waals surface area contributed by atoms with Crippen molar-refractivity contribution in [1.29, 1.82) is 0 Å². The van der Waals surface area contributed by atoms with E-state index in [1.165, 1.54) is 6.92 Å². The minimum atomic E-state index is -1.29. The number of aliphatic hydroxyl groups excluding tert-OH is 1. The maximum atomic E-state index is 9.61. The van der Waals surface area contributed by atoms with Gasteiger partial charge in [-0.15, -0.1) is 0 Å². The predicted molar refractivity (Wildman–Crippen MR) is 34.0 cm³/mol. The van der Waals surface area contributed by atoms with Crippen molar-refractivity contribution in [1.82, 2.24) is 0 Å². The van der Waals surface area contributed by atoms with Gasteiger partial charge in [0.25, 0.3) is 0 Å². The fraction of sp³-hybridized carbons (Fsp3) is 0.250. The van der Waals surface area contributed by atoms with Crippen molar-refractivity contribution in [3.05, 3.63) is 11.8 Å². The van der Waals surface area contributed by atoms with Crippen LogP contribution < -0.4 is 0 Å². The molecule has 0 saturated carbocycles. The molecule has 2 N–H and O–H groups in total. The minimum absolute atomic E-state index is 0. The first-order valence-corrected chi connectivity index (χ1v) is 1.77. The summed E-state index contributed by atoms with van der Waals surface area (Å²) < 4.78 is 0. The number of aliphatic hydroxyl groups is 1. The molecule has 0 rings (SSSR count). The summed E-state index contributed by atoms with van der Waals surface area (Å²) in [5.74, 6) is -1.90. The normalized spacial score (nSPS) is 9.88. The zero-order valence-corrected chi connectivity index (χ0v) is 8.62. The van der Waals surface area contributed by atoms with Crippen LogP contribution in [0.4, 0.5) is 0 Å². The standard InChI is InChI=1S/C4H6O3.Sb.3H/c1-2-3(5)4(6)7;;;;/h2,5H,1H3,(H,6,7);;;;. The number of hydrogen-bond donors (Lipinski definition) is 2. The van der Waals surface area contributed by atoms with Crippen molar-refractivity contribution < 1.29 is 15.0 Å². The van der Waals surface area contributed by atoms with Gasteiger partial charge in [0.2, 0.25) is 0 Å². The Kier molecular flexibility index (Phi) is 6.68. The molecule has 3 nitrogen and oxygen atoms in total. The molecule has 48 valence electrons. The van der Waals surface area contributed by atoms with Crippen molar-refractivity contribution in [3.63, 3.8) is 0 Å².